The maximum absolute atomic E-state index is 9.87. The summed E-state index contributed by atoms with van der Waals surface area (Å²) in [5, 5.41) is 9.31. The van der Waals surface area contributed by atoms with Crippen molar-refractivity contribution in [2.45, 2.75) is 38.2 Å². The van der Waals surface area contributed by atoms with Crippen molar-refractivity contribution >= 4 is 5.94 Å². The lowest BCUT2D eigenvalue weighted by Crippen LogP contribution is -2.20. The van der Waals surface area contributed by atoms with Gasteiger partial charge in [-0.2, -0.15) is 0 Å². The zero-order valence-corrected chi connectivity index (χ0v) is 6.97. The normalized spacial score (nSPS) is 15.2. The number of carbonyl (C=O) groups excluding carboxylic acids is 1. The molecule has 0 aliphatic rings. The highest BCUT2D eigenvalue weighted by Gasteiger charge is 2.15. The summed E-state index contributed by atoms with van der Waals surface area (Å²) >= 11 is 0. The van der Waals surface area contributed by atoms with Gasteiger partial charge in [0.15, 0.2) is 0 Å². The summed E-state index contributed by atoms with van der Waals surface area (Å²) in [4.78, 5) is 9.87. The predicted molar refractivity (Wildman–Crippen MR) is 44.7 cm³/mol. The van der Waals surface area contributed by atoms with Crippen LogP contribution in [0.3, 0.4) is 0 Å². The molecule has 1 N–H and O–H groups in total. The minimum atomic E-state index is -1.20. The van der Waals surface area contributed by atoms with Crippen LogP contribution in [-0.2, 0) is 4.79 Å². The number of aliphatic hydroxyl groups is 1. The summed E-state index contributed by atoms with van der Waals surface area (Å²) in [5.41, 5.74) is -1.20. The van der Waals surface area contributed by atoms with E-state index >= 15 is 0 Å². The van der Waals surface area contributed by atoms with Crippen LogP contribution in [0.15, 0.2) is 6.08 Å². The van der Waals surface area contributed by atoms with Gasteiger partial charge < -0.3 is 5.11 Å². The summed E-state index contributed by atoms with van der Waals surface area (Å²) in [6.45, 7) is 5.55. The van der Waals surface area contributed by atoms with Gasteiger partial charge >= 0.3 is 0 Å². The second-order valence-corrected chi connectivity index (χ2v) is 2.82. The van der Waals surface area contributed by atoms with E-state index in [4.69, 9.17) is 0 Å². The van der Waals surface area contributed by atoms with Crippen molar-refractivity contribution in [2.75, 3.05) is 0 Å². The van der Waals surface area contributed by atoms with Gasteiger partial charge in [-0.25, -0.2) is 4.79 Å². The first-order chi connectivity index (χ1) is 5.12. The van der Waals surface area contributed by atoms with Crippen molar-refractivity contribution in [3.05, 3.63) is 13.0 Å². The topological polar surface area (TPSA) is 37.3 Å². The lowest BCUT2D eigenvalue weighted by atomic mass is 9.99. The van der Waals surface area contributed by atoms with Gasteiger partial charge in [0, 0.05) is 6.08 Å². The fourth-order valence-corrected chi connectivity index (χ4v) is 0.863. The molecule has 0 aromatic carbocycles. The molecule has 0 aromatic heterocycles. The zero-order chi connectivity index (χ0) is 8.74. The highest BCUT2D eigenvalue weighted by atomic mass is 16.3. The van der Waals surface area contributed by atoms with E-state index in [0.29, 0.717) is 6.42 Å². The molecule has 1 unspecified atom stereocenters. The third-order valence-electron chi connectivity index (χ3n) is 1.54. The molecule has 0 amide bonds. The van der Waals surface area contributed by atoms with Crippen LogP contribution in [0.5, 0.6) is 0 Å². The Morgan fingerprint density at radius 2 is 2.27 bits per heavy atom. The van der Waals surface area contributed by atoms with E-state index in [2.05, 4.69) is 13.8 Å². The molecule has 0 fully saturated rings. The van der Waals surface area contributed by atoms with Crippen LogP contribution in [-0.4, -0.2) is 16.6 Å². The van der Waals surface area contributed by atoms with Gasteiger partial charge in [-0.15, -0.1) is 0 Å². The van der Waals surface area contributed by atoms with Crippen LogP contribution < -0.4 is 0 Å². The van der Waals surface area contributed by atoms with E-state index in [9.17, 15) is 9.90 Å². The highest BCUT2D eigenvalue weighted by Crippen LogP contribution is 2.13. The Kier molecular flexibility index (Phi) is 4.84. The second-order valence-electron chi connectivity index (χ2n) is 2.82. The first kappa shape index (κ1) is 10.4. The van der Waals surface area contributed by atoms with Gasteiger partial charge in [-0.1, -0.05) is 26.2 Å². The predicted octanol–water partition coefficient (Wildman–Crippen LogP) is 1.52. The average Bonchev–Trinajstić information content (AvgIpc) is 1.87. The Morgan fingerprint density at radius 1 is 1.64 bits per heavy atom. The fourth-order valence-electron chi connectivity index (χ4n) is 0.863. The molecule has 1 atom stereocenters. The quantitative estimate of drug-likeness (QED) is 0.482. The van der Waals surface area contributed by atoms with Crippen molar-refractivity contribution in [1.82, 2.24) is 0 Å². The zero-order valence-electron chi connectivity index (χ0n) is 6.97. The number of hydrogen-bond donors (Lipinski definition) is 1. The molecule has 0 aliphatic carbocycles. The molecule has 0 bridgehead atoms. The van der Waals surface area contributed by atoms with Gasteiger partial charge in [0.05, 0.1) is 5.60 Å². The molecule has 0 saturated heterocycles. The average molecular weight is 155 g/mol. The molecule has 0 spiro atoms. The van der Waals surface area contributed by atoms with Crippen LogP contribution in [0, 0.1) is 6.92 Å². The van der Waals surface area contributed by atoms with Crippen LogP contribution in [0.2, 0.25) is 0 Å². The Hall–Kier alpha value is -0.590. The molecule has 63 valence electrons. The standard InChI is InChI=1S/C9H15O2/c1-3-4-5-6-9(2,11)7-8-10/h7,11H,2-6H2,1H3. The molecule has 0 saturated carbocycles. The van der Waals surface area contributed by atoms with Crippen molar-refractivity contribution in [3.63, 3.8) is 0 Å². The molecular weight excluding hydrogens is 140 g/mol. The third-order valence-corrected chi connectivity index (χ3v) is 1.54. The largest absolute Gasteiger partial charge is 0.385 e. The van der Waals surface area contributed by atoms with Crippen LogP contribution in [0.4, 0.5) is 0 Å². The molecule has 0 heterocycles. The van der Waals surface area contributed by atoms with Gasteiger partial charge in [0.2, 0.25) is 0 Å². The molecule has 1 radical (unpaired) electrons. The fraction of sp³-hybridized carbons (Fsp3) is 0.667. The van der Waals surface area contributed by atoms with Gasteiger partial charge in [-0.3, -0.25) is 0 Å². The Morgan fingerprint density at radius 3 is 2.73 bits per heavy atom. The van der Waals surface area contributed by atoms with E-state index < -0.39 is 5.60 Å². The van der Waals surface area contributed by atoms with Crippen LogP contribution in [0.25, 0.3) is 0 Å². The molecule has 2 heteroatoms. The smallest absolute Gasteiger partial charge is 0.123 e. The minimum absolute atomic E-state index is 0.538. The van der Waals surface area contributed by atoms with Crippen molar-refractivity contribution < 1.29 is 9.90 Å². The summed E-state index contributed by atoms with van der Waals surface area (Å²) < 4.78 is 0. The molecular formula is C9H15O2. The highest BCUT2D eigenvalue weighted by molar-refractivity contribution is 5.48. The summed E-state index contributed by atoms with van der Waals surface area (Å²) in [6, 6.07) is 0. The third kappa shape index (κ3) is 5.84. The Balaban J connectivity index is 3.63. The van der Waals surface area contributed by atoms with Crippen molar-refractivity contribution in [2.24, 2.45) is 0 Å². The van der Waals surface area contributed by atoms with Crippen molar-refractivity contribution in [1.29, 1.82) is 0 Å². The minimum Gasteiger partial charge on any atom is -0.385 e. The first-order valence-electron chi connectivity index (χ1n) is 3.92. The van der Waals surface area contributed by atoms with E-state index in [1.807, 2.05) is 0 Å². The maximum atomic E-state index is 9.87. The Labute approximate surface area is 67.9 Å². The molecule has 0 rings (SSSR count). The second kappa shape index (κ2) is 5.11. The number of rotatable bonds is 5. The maximum Gasteiger partial charge on any atom is 0.123 e. The lowest BCUT2D eigenvalue weighted by Gasteiger charge is -2.15. The lowest BCUT2D eigenvalue weighted by molar-refractivity contribution is 0.127. The summed E-state index contributed by atoms with van der Waals surface area (Å²) in [5.74, 6) is 1.55. The van der Waals surface area contributed by atoms with Crippen molar-refractivity contribution in [3.8, 4) is 0 Å². The molecule has 2 nitrogen and oxygen atoms in total. The Bertz CT molecular complexity index is 144. The monoisotopic (exact) mass is 155 g/mol. The van der Waals surface area contributed by atoms with Gasteiger partial charge in [0.25, 0.3) is 0 Å². The van der Waals surface area contributed by atoms with E-state index in [1.165, 1.54) is 0 Å². The summed E-state index contributed by atoms with van der Waals surface area (Å²) in [7, 11) is 0. The van der Waals surface area contributed by atoms with E-state index in [0.717, 1.165) is 25.3 Å². The van der Waals surface area contributed by atoms with Gasteiger partial charge in [-0.05, 0) is 13.3 Å². The molecule has 0 aromatic rings. The number of unbranched alkanes of at least 4 members (excludes halogenated alkanes) is 2. The molecule has 11 heavy (non-hydrogen) atoms. The first-order valence-corrected chi connectivity index (χ1v) is 3.92. The summed E-state index contributed by atoms with van der Waals surface area (Å²) in [6.07, 6.45) is 4.67. The van der Waals surface area contributed by atoms with E-state index in [1.54, 1.807) is 5.94 Å². The van der Waals surface area contributed by atoms with Gasteiger partial charge in [0.1, 0.15) is 5.94 Å². The SMILES string of the molecule is [CH2]C(O)(C=C=O)CCCCC. The number of hydrogen-bond acceptors (Lipinski definition) is 2. The molecule has 0 aliphatic heterocycles. The van der Waals surface area contributed by atoms with Crippen LogP contribution >= 0.6 is 0 Å². The van der Waals surface area contributed by atoms with E-state index in [-0.39, 0.29) is 0 Å². The van der Waals surface area contributed by atoms with Crippen LogP contribution in [0.1, 0.15) is 32.6 Å².